The molecule has 5 heteroatoms. The fourth-order valence-electron chi connectivity index (χ4n) is 3.09. The minimum absolute atomic E-state index is 0.132. The van der Waals surface area contributed by atoms with Gasteiger partial charge in [-0.1, -0.05) is 12.2 Å². The molecule has 0 radical (unpaired) electrons. The number of carbonyl (C=O) groups excluding carboxylic acids is 1. The van der Waals surface area contributed by atoms with Crippen molar-refractivity contribution in [3.8, 4) is 5.88 Å². The summed E-state index contributed by atoms with van der Waals surface area (Å²) < 4.78 is 5.86. The molecule has 1 unspecified atom stereocenters. The van der Waals surface area contributed by atoms with Crippen LogP contribution in [-0.4, -0.2) is 40.2 Å². The number of aromatic nitrogens is 2. The van der Waals surface area contributed by atoms with Gasteiger partial charge in [0.2, 0.25) is 11.8 Å². The lowest BCUT2D eigenvalue weighted by Gasteiger charge is -2.34. The standard InChI is InChI=1S/C17H23N3O2/c1-13-7-8-16(19-18-13)22-15-9-11-20(12-10-15)17(21)14-5-3-2-4-6-14/h2-3,7-8,14-15H,4-6,9-12H2,1H3. The van der Waals surface area contributed by atoms with Crippen molar-refractivity contribution in [2.24, 2.45) is 5.92 Å². The summed E-state index contributed by atoms with van der Waals surface area (Å²) in [7, 11) is 0. The van der Waals surface area contributed by atoms with Gasteiger partial charge < -0.3 is 9.64 Å². The van der Waals surface area contributed by atoms with Crippen LogP contribution < -0.4 is 4.74 Å². The second-order valence-corrected chi connectivity index (χ2v) is 6.14. The smallest absolute Gasteiger partial charge is 0.233 e. The first-order chi connectivity index (χ1) is 10.7. The molecular formula is C17H23N3O2. The van der Waals surface area contributed by atoms with Crippen LogP contribution in [0, 0.1) is 12.8 Å². The Hall–Kier alpha value is -1.91. The second-order valence-electron chi connectivity index (χ2n) is 6.14. The number of allylic oxidation sites excluding steroid dienone is 2. The van der Waals surface area contributed by atoms with E-state index in [0.29, 0.717) is 11.8 Å². The molecule has 118 valence electrons. The van der Waals surface area contributed by atoms with E-state index in [4.69, 9.17) is 4.74 Å². The summed E-state index contributed by atoms with van der Waals surface area (Å²) in [5.74, 6) is 1.08. The van der Waals surface area contributed by atoms with Crippen LogP contribution in [0.4, 0.5) is 0 Å². The minimum Gasteiger partial charge on any atom is -0.473 e. The van der Waals surface area contributed by atoms with Crippen molar-refractivity contribution in [2.45, 2.75) is 45.1 Å². The number of rotatable bonds is 3. The molecule has 1 amide bonds. The Labute approximate surface area is 131 Å². The van der Waals surface area contributed by atoms with Crippen LogP contribution in [0.5, 0.6) is 5.88 Å². The van der Waals surface area contributed by atoms with Gasteiger partial charge in [-0.2, -0.15) is 5.10 Å². The van der Waals surface area contributed by atoms with Gasteiger partial charge in [0.25, 0.3) is 0 Å². The molecule has 1 atom stereocenters. The van der Waals surface area contributed by atoms with E-state index in [0.717, 1.165) is 50.9 Å². The molecule has 0 spiro atoms. The Bertz CT molecular complexity index is 533. The van der Waals surface area contributed by atoms with Crippen molar-refractivity contribution in [3.63, 3.8) is 0 Å². The van der Waals surface area contributed by atoms with Crippen LogP contribution in [0.1, 0.15) is 37.8 Å². The molecule has 22 heavy (non-hydrogen) atoms. The molecule has 2 aliphatic rings. The van der Waals surface area contributed by atoms with Gasteiger partial charge in [0, 0.05) is 37.9 Å². The van der Waals surface area contributed by atoms with Crippen LogP contribution in [0.15, 0.2) is 24.3 Å². The normalized spacial score (nSPS) is 22.6. The van der Waals surface area contributed by atoms with E-state index in [2.05, 4.69) is 22.3 Å². The van der Waals surface area contributed by atoms with Crippen molar-refractivity contribution in [3.05, 3.63) is 30.0 Å². The maximum Gasteiger partial charge on any atom is 0.233 e. The molecule has 1 aliphatic heterocycles. The first kappa shape index (κ1) is 15.0. The first-order valence-corrected chi connectivity index (χ1v) is 8.13. The van der Waals surface area contributed by atoms with Gasteiger partial charge in [-0.15, -0.1) is 5.10 Å². The van der Waals surface area contributed by atoms with Crippen LogP contribution in [0.2, 0.25) is 0 Å². The molecule has 0 bridgehead atoms. The maximum atomic E-state index is 12.5. The number of hydrogen-bond donors (Lipinski definition) is 0. The van der Waals surface area contributed by atoms with E-state index in [9.17, 15) is 4.79 Å². The third-order valence-electron chi connectivity index (χ3n) is 4.43. The molecule has 0 aromatic carbocycles. The Morgan fingerprint density at radius 1 is 1.18 bits per heavy atom. The Morgan fingerprint density at radius 2 is 2.00 bits per heavy atom. The monoisotopic (exact) mass is 301 g/mol. The van der Waals surface area contributed by atoms with E-state index in [1.807, 2.05) is 24.0 Å². The third kappa shape index (κ3) is 3.64. The highest BCUT2D eigenvalue weighted by atomic mass is 16.5. The Morgan fingerprint density at radius 3 is 2.64 bits per heavy atom. The van der Waals surface area contributed by atoms with E-state index < -0.39 is 0 Å². The molecule has 1 aromatic rings. The maximum absolute atomic E-state index is 12.5. The van der Waals surface area contributed by atoms with Gasteiger partial charge in [-0.05, 0) is 32.3 Å². The van der Waals surface area contributed by atoms with Gasteiger partial charge in [-0.3, -0.25) is 4.79 Å². The fraction of sp³-hybridized carbons (Fsp3) is 0.588. The molecule has 2 heterocycles. The summed E-state index contributed by atoms with van der Waals surface area (Å²) in [6.07, 6.45) is 9.09. The van der Waals surface area contributed by atoms with E-state index in [-0.39, 0.29) is 12.0 Å². The highest BCUT2D eigenvalue weighted by Crippen LogP contribution is 2.23. The number of piperidine rings is 1. The molecule has 0 N–H and O–H groups in total. The van der Waals surface area contributed by atoms with Crippen molar-refractivity contribution in [2.75, 3.05) is 13.1 Å². The number of hydrogen-bond acceptors (Lipinski definition) is 4. The molecule has 1 aliphatic carbocycles. The summed E-state index contributed by atoms with van der Waals surface area (Å²) in [5.41, 5.74) is 0.884. The summed E-state index contributed by atoms with van der Waals surface area (Å²) in [6, 6.07) is 3.76. The molecule has 0 saturated carbocycles. The van der Waals surface area contributed by atoms with Crippen LogP contribution in [0.25, 0.3) is 0 Å². The molecule has 1 saturated heterocycles. The second kappa shape index (κ2) is 6.90. The highest BCUT2D eigenvalue weighted by molar-refractivity contribution is 5.79. The topological polar surface area (TPSA) is 55.3 Å². The minimum atomic E-state index is 0.132. The lowest BCUT2D eigenvalue weighted by atomic mass is 9.92. The number of likely N-dealkylation sites (tertiary alicyclic amines) is 1. The summed E-state index contributed by atoms with van der Waals surface area (Å²) >= 11 is 0. The van der Waals surface area contributed by atoms with E-state index in [1.165, 1.54) is 0 Å². The Kier molecular flexibility index (Phi) is 4.71. The zero-order chi connectivity index (χ0) is 15.4. The number of ether oxygens (including phenoxy) is 1. The zero-order valence-corrected chi connectivity index (χ0v) is 13.1. The lowest BCUT2D eigenvalue weighted by Crippen LogP contribution is -2.44. The predicted molar refractivity (Wildman–Crippen MR) is 83.5 cm³/mol. The van der Waals surface area contributed by atoms with E-state index >= 15 is 0 Å². The van der Waals surface area contributed by atoms with Gasteiger partial charge in [0.1, 0.15) is 6.10 Å². The molecule has 5 nitrogen and oxygen atoms in total. The van der Waals surface area contributed by atoms with Crippen molar-refractivity contribution < 1.29 is 9.53 Å². The quantitative estimate of drug-likeness (QED) is 0.805. The third-order valence-corrected chi connectivity index (χ3v) is 4.43. The molecular weight excluding hydrogens is 278 g/mol. The van der Waals surface area contributed by atoms with E-state index in [1.54, 1.807) is 0 Å². The summed E-state index contributed by atoms with van der Waals surface area (Å²) in [4.78, 5) is 14.5. The van der Waals surface area contributed by atoms with Crippen molar-refractivity contribution in [1.29, 1.82) is 0 Å². The summed E-state index contributed by atoms with van der Waals surface area (Å²) in [5, 5.41) is 8.04. The Balaban J connectivity index is 1.48. The highest BCUT2D eigenvalue weighted by Gasteiger charge is 2.28. The number of amides is 1. The SMILES string of the molecule is Cc1ccc(OC2CCN(C(=O)C3CC=CCC3)CC2)nn1. The largest absolute Gasteiger partial charge is 0.473 e. The van der Waals surface area contributed by atoms with Gasteiger partial charge in [0.05, 0.1) is 5.69 Å². The van der Waals surface area contributed by atoms with Crippen LogP contribution in [-0.2, 0) is 4.79 Å². The van der Waals surface area contributed by atoms with Gasteiger partial charge in [-0.25, -0.2) is 0 Å². The van der Waals surface area contributed by atoms with Crippen molar-refractivity contribution in [1.82, 2.24) is 15.1 Å². The van der Waals surface area contributed by atoms with Gasteiger partial charge in [0.15, 0.2) is 0 Å². The average Bonchev–Trinajstić information content (AvgIpc) is 2.58. The molecule has 1 aromatic heterocycles. The predicted octanol–water partition coefficient (Wildman–Crippen LogP) is 2.51. The summed E-state index contributed by atoms with van der Waals surface area (Å²) in [6.45, 7) is 3.47. The zero-order valence-electron chi connectivity index (χ0n) is 13.1. The van der Waals surface area contributed by atoms with Crippen LogP contribution in [0.3, 0.4) is 0 Å². The first-order valence-electron chi connectivity index (χ1n) is 8.13. The molecule has 1 fully saturated rings. The van der Waals surface area contributed by atoms with Crippen molar-refractivity contribution >= 4 is 5.91 Å². The lowest BCUT2D eigenvalue weighted by molar-refractivity contribution is -0.137. The number of aryl methyl sites for hydroxylation is 1. The number of carbonyl (C=O) groups is 1. The fourth-order valence-corrected chi connectivity index (χ4v) is 3.09. The number of nitrogens with zero attached hydrogens (tertiary/aromatic N) is 3. The average molecular weight is 301 g/mol. The molecule has 3 rings (SSSR count). The van der Waals surface area contributed by atoms with Gasteiger partial charge >= 0.3 is 0 Å². The van der Waals surface area contributed by atoms with Crippen LogP contribution >= 0.6 is 0 Å².